The van der Waals surface area contributed by atoms with E-state index in [4.69, 9.17) is 9.84 Å². The van der Waals surface area contributed by atoms with Crippen LogP contribution in [0.5, 0.6) is 0 Å². The van der Waals surface area contributed by atoms with E-state index in [2.05, 4.69) is 36.5 Å². The van der Waals surface area contributed by atoms with Gasteiger partial charge in [0.05, 0.1) is 5.25 Å². The summed E-state index contributed by atoms with van der Waals surface area (Å²) >= 11 is 1.60. The normalized spacial score (nSPS) is 15.7. The van der Waals surface area contributed by atoms with Gasteiger partial charge in [-0.1, -0.05) is 75.8 Å². The largest absolute Gasteiger partial charge is 0.481 e. The number of amides is 1. The van der Waals surface area contributed by atoms with Crippen molar-refractivity contribution in [1.29, 1.82) is 0 Å². The highest BCUT2D eigenvalue weighted by Crippen LogP contribution is 2.42. The molecule has 1 heterocycles. The molecule has 1 aliphatic rings. The van der Waals surface area contributed by atoms with Gasteiger partial charge < -0.3 is 20.6 Å². The van der Waals surface area contributed by atoms with Crippen molar-refractivity contribution < 1.29 is 29.7 Å². The molecule has 3 rings (SSSR count). The fourth-order valence-corrected chi connectivity index (χ4v) is 5.88. The molecule has 1 saturated heterocycles. The highest BCUT2D eigenvalue weighted by atomic mass is 32.2. The third kappa shape index (κ3) is 10.9. The third-order valence-electron chi connectivity index (χ3n) is 6.56. The smallest absolute Gasteiger partial charge is 0.312 e. The number of esters is 1. The number of benzene rings is 2. The lowest BCUT2D eigenvalue weighted by molar-refractivity contribution is -0.153. The van der Waals surface area contributed by atoms with E-state index in [1.807, 2.05) is 18.2 Å². The van der Waals surface area contributed by atoms with Crippen molar-refractivity contribution in [2.45, 2.75) is 100 Å². The monoisotopic (exact) mass is 543 g/mol. The first-order valence-corrected chi connectivity index (χ1v) is 14.4. The van der Waals surface area contributed by atoms with Gasteiger partial charge in [0.2, 0.25) is 5.91 Å². The van der Waals surface area contributed by atoms with Gasteiger partial charge in [-0.15, -0.1) is 11.8 Å². The summed E-state index contributed by atoms with van der Waals surface area (Å²) in [5, 5.41) is 11.4. The summed E-state index contributed by atoms with van der Waals surface area (Å²) in [5.41, 5.74) is 2.97. The van der Waals surface area contributed by atoms with Gasteiger partial charge >= 0.3 is 11.9 Å². The molecule has 0 saturated carbocycles. The highest BCUT2D eigenvalue weighted by Gasteiger charge is 2.31. The molecule has 1 aliphatic heterocycles. The second-order valence-corrected chi connectivity index (χ2v) is 10.9. The van der Waals surface area contributed by atoms with E-state index in [1.165, 1.54) is 50.5 Å². The van der Waals surface area contributed by atoms with Gasteiger partial charge in [-0.05, 0) is 55.0 Å². The molecule has 0 bridgehead atoms. The SMILES string of the molecule is CCCCCCCCCc1ccc(C(Sc2cccc(NC(=O)CC(=O)O)c2)C2CCCC(=O)O2)cc1.O. The van der Waals surface area contributed by atoms with Crippen LogP contribution in [0.1, 0.15) is 93.9 Å². The van der Waals surface area contributed by atoms with Crippen LogP contribution in [0, 0.1) is 0 Å². The molecule has 0 aliphatic carbocycles. The van der Waals surface area contributed by atoms with Crippen LogP contribution in [0.2, 0.25) is 0 Å². The van der Waals surface area contributed by atoms with Crippen molar-refractivity contribution in [3.63, 3.8) is 0 Å². The number of ether oxygens (including phenoxy) is 1. The molecular weight excluding hydrogens is 502 g/mol. The Morgan fingerprint density at radius 1 is 1.05 bits per heavy atom. The van der Waals surface area contributed by atoms with Gasteiger partial charge in [0.15, 0.2) is 0 Å². The number of hydrogen-bond acceptors (Lipinski definition) is 5. The summed E-state index contributed by atoms with van der Waals surface area (Å²) < 4.78 is 5.77. The van der Waals surface area contributed by atoms with Crippen molar-refractivity contribution in [3.8, 4) is 0 Å². The number of anilines is 1. The summed E-state index contributed by atoms with van der Waals surface area (Å²) in [6.45, 7) is 2.24. The van der Waals surface area contributed by atoms with Crippen molar-refractivity contribution in [3.05, 3.63) is 59.7 Å². The van der Waals surface area contributed by atoms with Gasteiger partial charge in [-0.3, -0.25) is 14.4 Å². The number of carboxylic acids is 1. The van der Waals surface area contributed by atoms with Crippen LogP contribution >= 0.6 is 11.8 Å². The van der Waals surface area contributed by atoms with E-state index < -0.39 is 18.3 Å². The molecule has 1 amide bonds. The summed E-state index contributed by atoms with van der Waals surface area (Å²) in [6.07, 6.45) is 11.4. The minimum atomic E-state index is -1.17. The summed E-state index contributed by atoms with van der Waals surface area (Å²) in [4.78, 5) is 35.7. The highest BCUT2D eigenvalue weighted by molar-refractivity contribution is 7.99. The number of carbonyl (C=O) groups excluding carboxylic acids is 2. The molecule has 2 aromatic rings. The Kier molecular flexibility index (Phi) is 13.9. The van der Waals surface area contributed by atoms with E-state index >= 15 is 0 Å². The Morgan fingerprint density at radius 2 is 1.76 bits per heavy atom. The predicted molar refractivity (Wildman–Crippen MR) is 151 cm³/mol. The van der Waals surface area contributed by atoms with Gasteiger partial charge in [0.25, 0.3) is 0 Å². The Hall–Kier alpha value is -2.84. The van der Waals surface area contributed by atoms with E-state index in [0.29, 0.717) is 12.1 Å². The number of hydrogen-bond donors (Lipinski definition) is 2. The first-order chi connectivity index (χ1) is 17.9. The Bertz CT molecular complexity index is 1030. The number of carboxylic acid groups (broad SMARTS) is 1. The molecule has 0 spiro atoms. The fourth-order valence-electron chi connectivity index (χ4n) is 4.60. The van der Waals surface area contributed by atoms with Gasteiger partial charge in [0, 0.05) is 17.0 Å². The number of unbranched alkanes of at least 4 members (excludes halogenated alkanes) is 6. The lowest BCUT2D eigenvalue weighted by atomic mass is 9.98. The zero-order chi connectivity index (χ0) is 26.5. The van der Waals surface area contributed by atoms with E-state index in [0.717, 1.165) is 29.7 Å². The topological polar surface area (TPSA) is 124 Å². The average Bonchev–Trinajstić information content (AvgIpc) is 2.87. The molecule has 8 heteroatoms. The fraction of sp³-hybridized carbons (Fsp3) is 0.500. The second-order valence-electron chi connectivity index (χ2n) is 9.72. The average molecular weight is 544 g/mol. The summed E-state index contributed by atoms with van der Waals surface area (Å²) in [7, 11) is 0. The first-order valence-electron chi connectivity index (χ1n) is 13.5. The maximum atomic E-state index is 12.1. The summed E-state index contributed by atoms with van der Waals surface area (Å²) in [5.74, 6) is -1.89. The van der Waals surface area contributed by atoms with Crippen LogP contribution in [-0.2, 0) is 25.5 Å². The molecule has 2 aromatic carbocycles. The van der Waals surface area contributed by atoms with Crippen molar-refractivity contribution >= 4 is 35.3 Å². The molecule has 0 radical (unpaired) electrons. The molecule has 7 nitrogen and oxygen atoms in total. The molecule has 38 heavy (non-hydrogen) atoms. The van der Waals surface area contributed by atoms with Crippen LogP contribution in [0.4, 0.5) is 5.69 Å². The van der Waals surface area contributed by atoms with Crippen molar-refractivity contribution in [2.75, 3.05) is 5.32 Å². The van der Waals surface area contributed by atoms with E-state index in [9.17, 15) is 14.4 Å². The molecule has 208 valence electrons. The standard InChI is InChI=1S/C30H39NO5S.H2O/c1-2-3-4-5-6-7-8-11-22-16-18-23(19-17-22)30(26-14-10-15-29(35)36-26)37-25-13-9-12-24(20-25)31-27(32)21-28(33)34;/h9,12-13,16-20,26,30H,2-8,10-11,14-15,21H2,1H3,(H,31,32)(H,33,34);1H2. The molecule has 2 unspecified atom stereocenters. The summed E-state index contributed by atoms with van der Waals surface area (Å²) in [6, 6.07) is 16.0. The minimum Gasteiger partial charge on any atom is -0.481 e. The van der Waals surface area contributed by atoms with Gasteiger partial charge in [-0.2, -0.15) is 0 Å². The Balaban J connectivity index is 0.00000507. The van der Waals surface area contributed by atoms with Crippen molar-refractivity contribution in [1.82, 2.24) is 0 Å². The van der Waals surface area contributed by atoms with E-state index in [1.54, 1.807) is 17.8 Å². The lowest BCUT2D eigenvalue weighted by Crippen LogP contribution is -2.28. The maximum absolute atomic E-state index is 12.1. The van der Waals surface area contributed by atoms with Crippen LogP contribution in [0.15, 0.2) is 53.4 Å². The molecule has 2 atom stereocenters. The number of cyclic esters (lactones) is 1. The minimum absolute atomic E-state index is 0. The predicted octanol–water partition coefficient (Wildman–Crippen LogP) is 6.50. The second kappa shape index (κ2) is 16.9. The molecular formula is C30H41NO6S. The Labute approximate surface area is 230 Å². The third-order valence-corrected chi connectivity index (χ3v) is 7.92. The number of aliphatic carboxylic acids is 1. The molecule has 0 aromatic heterocycles. The molecule has 1 fully saturated rings. The number of nitrogens with one attached hydrogen (secondary N) is 1. The maximum Gasteiger partial charge on any atom is 0.312 e. The van der Waals surface area contributed by atoms with Crippen LogP contribution in [0.3, 0.4) is 0 Å². The van der Waals surface area contributed by atoms with Crippen LogP contribution in [-0.4, -0.2) is 34.5 Å². The zero-order valence-corrected chi connectivity index (χ0v) is 23.1. The number of thioether (sulfide) groups is 1. The number of carbonyl (C=O) groups is 3. The van der Waals surface area contributed by atoms with Gasteiger partial charge in [0.1, 0.15) is 12.5 Å². The van der Waals surface area contributed by atoms with Gasteiger partial charge in [-0.25, -0.2) is 0 Å². The Morgan fingerprint density at radius 3 is 2.45 bits per heavy atom. The van der Waals surface area contributed by atoms with Crippen molar-refractivity contribution in [2.24, 2.45) is 0 Å². The van der Waals surface area contributed by atoms with E-state index in [-0.39, 0.29) is 22.8 Å². The number of rotatable bonds is 15. The lowest BCUT2D eigenvalue weighted by Gasteiger charge is -2.30. The number of aryl methyl sites for hydroxylation is 1. The zero-order valence-electron chi connectivity index (χ0n) is 22.2. The van der Waals surface area contributed by atoms with Crippen LogP contribution in [0.25, 0.3) is 0 Å². The first kappa shape index (κ1) is 31.4. The molecule has 4 N–H and O–H groups in total. The van der Waals surface area contributed by atoms with Crippen LogP contribution < -0.4 is 5.32 Å². The quantitative estimate of drug-likeness (QED) is 0.114.